The van der Waals surface area contributed by atoms with Gasteiger partial charge in [0.15, 0.2) is 0 Å². The van der Waals surface area contributed by atoms with Gasteiger partial charge in [0.2, 0.25) is 0 Å². The summed E-state index contributed by atoms with van der Waals surface area (Å²) in [6.07, 6.45) is 2.99. The Morgan fingerprint density at radius 3 is 2.29 bits per heavy atom. The van der Waals surface area contributed by atoms with Crippen LogP contribution in [0, 0.1) is 0 Å². The van der Waals surface area contributed by atoms with Crippen LogP contribution < -0.4 is 5.32 Å². The van der Waals surface area contributed by atoms with Gasteiger partial charge in [-0.1, -0.05) is 20.8 Å². The van der Waals surface area contributed by atoms with Crippen LogP contribution in [-0.2, 0) is 0 Å². The quantitative estimate of drug-likeness (QED) is 0.762. The van der Waals surface area contributed by atoms with Crippen molar-refractivity contribution < 1.29 is 0 Å². The molecule has 1 aromatic rings. The molecule has 2 atom stereocenters. The van der Waals surface area contributed by atoms with Crippen LogP contribution in [0.1, 0.15) is 65.7 Å². The molecule has 2 unspecified atom stereocenters. The summed E-state index contributed by atoms with van der Waals surface area (Å²) in [5, 5.41) is 8.10. The molecular formula is C16H31BrN4. The molecule has 21 heavy (non-hydrogen) atoms. The number of hydrogen-bond donors (Lipinski definition) is 1. The number of nitrogens with one attached hydrogen (secondary N) is 1. The molecule has 0 aliphatic heterocycles. The monoisotopic (exact) mass is 358 g/mol. The average Bonchev–Trinajstić information content (AvgIpc) is 2.83. The van der Waals surface area contributed by atoms with Crippen LogP contribution in [0.15, 0.2) is 10.7 Å². The molecule has 122 valence electrons. The highest BCUT2D eigenvalue weighted by Crippen LogP contribution is 2.38. The van der Waals surface area contributed by atoms with Crippen molar-refractivity contribution >= 4 is 15.9 Å². The van der Waals surface area contributed by atoms with E-state index in [0.717, 1.165) is 24.0 Å². The van der Waals surface area contributed by atoms with E-state index < -0.39 is 0 Å². The van der Waals surface area contributed by atoms with Gasteiger partial charge in [-0.2, -0.15) is 5.10 Å². The molecule has 0 amide bonds. The molecule has 0 aliphatic carbocycles. The molecule has 0 bridgehead atoms. The Hall–Kier alpha value is -0.390. The number of halogens is 1. The third-order valence-corrected chi connectivity index (χ3v) is 5.27. The fourth-order valence-electron chi connectivity index (χ4n) is 3.33. The molecule has 1 rings (SSSR count). The zero-order chi connectivity index (χ0) is 16.2. The van der Waals surface area contributed by atoms with Crippen LogP contribution in [0.3, 0.4) is 0 Å². The lowest BCUT2D eigenvalue weighted by atomic mass is 9.85. The van der Waals surface area contributed by atoms with Gasteiger partial charge in [-0.3, -0.25) is 9.58 Å². The molecule has 0 saturated heterocycles. The second-order valence-electron chi connectivity index (χ2n) is 6.02. The highest BCUT2D eigenvalue weighted by molar-refractivity contribution is 9.10. The summed E-state index contributed by atoms with van der Waals surface area (Å²) in [7, 11) is 2.05. The third-order valence-electron chi connectivity index (χ3n) is 4.66. The topological polar surface area (TPSA) is 33.1 Å². The first-order chi connectivity index (χ1) is 9.87. The molecule has 0 spiro atoms. The SMILES string of the molecule is CCN(CC)C(C)(CC)C(NC)c1c(Br)cnn1C(C)C. The Balaban J connectivity index is 3.37. The molecule has 0 aliphatic rings. The van der Waals surface area contributed by atoms with Crippen LogP contribution in [0.5, 0.6) is 0 Å². The molecule has 4 nitrogen and oxygen atoms in total. The van der Waals surface area contributed by atoms with Crippen molar-refractivity contribution in [1.29, 1.82) is 0 Å². The van der Waals surface area contributed by atoms with Gasteiger partial charge in [0.25, 0.3) is 0 Å². The number of aromatic nitrogens is 2. The maximum absolute atomic E-state index is 4.55. The Morgan fingerprint density at radius 2 is 1.90 bits per heavy atom. The number of rotatable bonds is 8. The van der Waals surface area contributed by atoms with Crippen LogP contribution >= 0.6 is 15.9 Å². The van der Waals surface area contributed by atoms with E-state index in [1.165, 1.54) is 5.69 Å². The molecule has 1 heterocycles. The van der Waals surface area contributed by atoms with Gasteiger partial charge in [0.1, 0.15) is 0 Å². The average molecular weight is 359 g/mol. The van der Waals surface area contributed by atoms with Gasteiger partial charge in [-0.05, 0) is 63.3 Å². The fraction of sp³-hybridized carbons (Fsp3) is 0.812. The maximum Gasteiger partial charge on any atom is 0.0717 e. The maximum atomic E-state index is 4.55. The van der Waals surface area contributed by atoms with Gasteiger partial charge in [-0.15, -0.1) is 0 Å². The molecule has 0 aromatic carbocycles. The minimum atomic E-state index is 0.0491. The highest BCUT2D eigenvalue weighted by atomic mass is 79.9. The predicted octanol–water partition coefficient (Wildman–Crippen LogP) is 4.00. The van der Waals surface area contributed by atoms with Crippen LogP contribution in [-0.4, -0.2) is 40.4 Å². The van der Waals surface area contributed by atoms with E-state index in [4.69, 9.17) is 0 Å². The summed E-state index contributed by atoms with van der Waals surface area (Å²) in [5.41, 5.74) is 1.29. The van der Waals surface area contributed by atoms with Crippen molar-refractivity contribution in [2.75, 3.05) is 20.1 Å². The van der Waals surface area contributed by atoms with E-state index in [1.807, 2.05) is 13.2 Å². The summed E-state index contributed by atoms with van der Waals surface area (Å²) in [4.78, 5) is 2.54. The summed E-state index contributed by atoms with van der Waals surface area (Å²) in [6, 6.07) is 0.571. The molecule has 1 N–H and O–H groups in total. The fourth-order valence-corrected chi connectivity index (χ4v) is 3.83. The molecule has 0 saturated carbocycles. The van der Waals surface area contributed by atoms with Crippen molar-refractivity contribution in [2.24, 2.45) is 0 Å². The van der Waals surface area contributed by atoms with Crippen molar-refractivity contribution in [1.82, 2.24) is 20.0 Å². The first-order valence-electron chi connectivity index (χ1n) is 8.02. The third kappa shape index (κ3) is 3.51. The smallest absolute Gasteiger partial charge is 0.0717 e. The van der Waals surface area contributed by atoms with Gasteiger partial charge in [0.05, 0.1) is 22.4 Å². The van der Waals surface area contributed by atoms with E-state index in [-0.39, 0.29) is 11.6 Å². The Morgan fingerprint density at radius 1 is 1.33 bits per heavy atom. The second kappa shape index (κ2) is 7.75. The normalized spacial score (nSPS) is 16.5. The lowest BCUT2D eigenvalue weighted by Gasteiger charge is -2.46. The van der Waals surface area contributed by atoms with Crippen molar-refractivity contribution in [2.45, 2.75) is 65.6 Å². The molecular weight excluding hydrogens is 328 g/mol. The van der Waals surface area contributed by atoms with Crippen LogP contribution in [0.2, 0.25) is 0 Å². The van der Waals surface area contributed by atoms with Crippen molar-refractivity contribution in [3.8, 4) is 0 Å². The standard InChI is InChI=1S/C16H31BrN4/c1-8-16(6,20(9-2)10-3)15(18-7)14-13(17)11-19-21(14)12(4)5/h11-12,15,18H,8-10H2,1-7H3. The van der Waals surface area contributed by atoms with E-state index in [9.17, 15) is 0 Å². The van der Waals surface area contributed by atoms with E-state index >= 15 is 0 Å². The van der Waals surface area contributed by atoms with Gasteiger partial charge in [0, 0.05) is 11.6 Å². The first kappa shape index (κ1) is 18.7. The number of likely N-dealkylation sites (N-methyl/N-ethyl adjacent to an activating group) is 2. The van der Waals surface area contributed by atoms with Gasteiger partial charge >= 0.3 is 0 Å². The minimum Gasteiger partial charge on any atom is -0.310 e. The van der Waals surface area contributed by atoms with Crippen molar-refractivity contribution in [3.63, 3.8) is 0 Å². The van der Waals surface area contributed by atoms with Crippen LogP contribution in [0.25, 0.3) is 0 Å². The summed E-state index contributed by atoms with van der Waals surface area (Å²) in [5.74, 6) is 0. The largest absolute Gasteiger partial charge is 0.310 e. The number of nitrogens with zero attached hydrogens (tertiary/aromatic N) is 3. The lowest BCUT2D eigenvalue weighted by Crippen LogP contribution is -2.54. The zero-order valence-corrected chi connectivity index (χ0v) is 16.2. The van der Waals surface area contributed by atoms with Gasteiger partial charge < -0.3 is 5.32 Å². The second-order valence-corrected chi connectivity index (χ2v) is 6.88. The number of hydrogen-bond acceptors (Lipinski definition) is 3. The van der Waals surface area contributed by atoms with Gasteiger partial charge in [-0.25, -0.2) is 0 Å². The Labute approximate surface area is 138 Å². The lowest BCUT2D eigenvalue weighted by molar-refractivity contribution is 0.0687. The van der Waals surface area contributed by atoms with Crippen LogP contribution in [0.4, 0.5) is 0 Å². The molecule has 0 fully saturated rings. The predicted molar refractivity (Wildman–Crippen MR) is 93.7 cm³/mol. The summed E-state index contributed by atoms with van der Waals surface area (Å²) >= 11 is 3.70. The summed E-state index contributed by atoms with van der Waals surface area (Å²) in [6.45, 7) is 15.5. The van der Waals surface area contributed by atoms with E-state index in [0.29, 0.717) is 6.04 Å². The molecule has 1 aromatic heterocycles. The minimum absolute atomic E-state index is 0.0491. The molecule has 5 heteroatoms. The first-order valence-corrected chi connectivity index (χ1v) is 8.81. The summed E-state index contributed by atoms with van der Waals surface area (Å²) < 4.78 is 3.21. The highest BCUT2D eigenvalue weighted by Gasteiger charge is 2.40. The Bertz CT molecular complexity index is 439. The Kier molecular flexibility index (Phi) is 6.88. The van der Waals surface area contributed by atoms with E-state index in [1.54, 1.807) is 0 Å². The zero-order valence-electron chi connectivity index (χ0n) is 14.6. The molecule has 0 radical (unpaired) electrons. The van der Waals surface area contributed by atoms with E-state index in [2.05, 4.69) is 77.5 Å². The van der Waals surface area contributed by atoms with Crippen molar-refractivity contribution in [3.05, 3.63) is 16.4 Å².